The molecule has 0 fully saturated rings. The molecule has 1 N–H and O–H groups in total. The van der Waals surface area contributed by atoms with Gasteiger partial charge in [-0.25, -0.2) is 0 Å². The Morgan fingerprint density at radius 3 is 2.92 bits per heavy atom. The summed E-state index contributed by atoms with van der Waals surface area (Å²) in [5.74, 6) is 1.11. The number of hydrogen-bond acceptors (Lipinski definition) is 2. The van der Waals surface area contributed by atoms with E-state index in [9.17, 15) is 5.11 Å². The fraction of sp³-hybridized carbons (Fsp3) is 0.455. The number of aromatic hydroxyl groups is 1. The minimum absolute atomic E-state index is 0.212. The van der Waals surface area contributed by atoms with Crippen LogP contribution in [-0.2, 0) is 6.42 Å². The minimum Gasteiger partial charge on any atom is -0.508 e. The van der Waals surface area contributed by atoms with E-state index in [2.05, 4.69) is 13.8 Å². The Morgan fingerprint density at radius 2 is 2.15 bits per heavy atom. The van der Waals surface area contributed by atoms with E-state index in [1.54, 1.807) is 12.1 Å². The van der Waals surface area contributed by atoms with Gasteiger partial charge in [-0.05, 0) is 18.1 Å². The molecule has 0 aliphatic carbocycles. The Morgan fingerprint density at radius 1 is 1.38 bits per heavy atom. The van der Waals surface area contributed by atoms with Gasteiger partial charge in [0.25, 0.3) is 0 Å². The number of ether oxygens (including phenoxy) is 1. The molecule has 1 aromatic rings. The molecule has 0 amide bonds. The number of benzene rings is 1. The lowest BCUT2D eigenvalue weighted by molar-refractivity contribution is 0.154. The molecule has 0 unspecified atom stereocenters. The highest BCUT2D eigenvalue weighted by atomic mass is 16.5. The van der Waals surface area contributed by atoms with Gasteiger partial charge < -0.3 is 9.84 Å². The lowest BCUT2D eigenvalue weighted by Gasteiger charge is -2.31. The van der Waals surface area contributed by atoms with Gasteiger partial charge in [0.05, 0.1) is 6.61 Å². The van der Waals surface area contributed by atoms with Crippen molar-refractivity contribution in [3.63, 3.8) is 0 Å². The summed E-state index contributed by atoms with van der Waals surface area (Å²) < 4.78 is 5.56. The third-order valence-corrected chi connectivity index (χ3v) is 2.34. The van der Waals surface area contributed by atoms with Gasteiger partial charge in [-0.15, -0.1) is 0 Å². The number of fused-ring (bicyclic) bond motifs is 1. The maximum absolute atomic E-state index is 9.24. The highest BCUT2D eigenvalue weighted by Crippen LogP contribution is 2.35. The molecule has 2 nitrogen and oxygen atoms in total. The van der Waals surface area contributed by atoms with Crippen LogP contribution in [0.15, 0.2) is 18.2 Å². The summed E-state index contributed by atoms with van der Waals surface area (Å²) in [6.07, 6.45) is 1.02. The Labute approximate surface area is 78.2 Å². The van der Waals surface area contributed by atoms with Gasteiger partial charge in [-0.1, -0.05) is 19.9 Å². The van der Waals surface area contributed by atoms with E-state index in [-0.39, 0.29) is 11.2 Å². The van der Waals surface area contributed by atoms with Crippen LogP contribution in [0.25, 0.3) is 0 Å². The molecule has 1 aliphatic rings. The molecule has 0 saturated carbocycles. The molecule has 1 heterocycles. The zero-order valence-corrected chi connectivity index (χ0v) is 8.00. The molecule has 70 valence electrons. The van der Waals surface area contributed by atoms with Crippen LogP contribution in [0.2, 0.25) is 0 Å². The molecule has 2 rings (SSSR count). The minimum atomic E-state index is 0.212. The van der Waals surface area contributed by atoms with Gasteiger partial charge in [-0.2, -0.15) is 0 Å². The van der Waals surface area contributed by atoms with Crippen molar-refractivity contribution in [1.29, 1.82) is 0 Å². The molecular formula is C11H14O2. The van der Waals surface area contributed by atoms with Crippen LogP contribution >= 0.6 is 0 Å². The molecule has 1 aliphatic heterocycles. The first kappa shape index (κ1) is 8.42. The average molecular weight is 178 g/mol. The standard InChI is InChI=1S/C11H14O2/c1-11(2)6-8-3-4-9(12)5-10(8)13-7-11/h3-5,12H,6-7H2,1-2H3. The quantitative estimate of drug-likeness (QED) is 0.660. The Hall–Kier alpha value is -1.18. The van der Waals surface area contributed by atoms with E-state index in [0.29, 0.717) is 0 Å². The van der Waals surface area contributed by atoms with Crippen LogP contribution in [0.4, 0.5) is 0 Å². The number of phenols is 1. The maximum atomic E-state index is 9.24. The second-order valence-corrected chi connectivity index (χ2v) is 4.42. The van der Waals surface area contributed by atoms with Crippen LogP contribution < -0.4 is 4.74 Å². The first-order valence-corrected chi connectivity index (χ1v) is 4.52. The second-order valence-electron chi connectivity index (χ2n) is 4.42. The molecular weight excluding hydrogens is 164 g/mol. The van der Waals surface area contributed by atoms with Crippen LogP contribution in [0.5, 0.6) is 11.5 Å². The van der Waals surface area contributed by atoms with Crippen LogP contribution in [0.3, 0.4) is 0 Å². The maximum Gasteiger partial charge on any atom is 0.126 e. The summed E-state index contributed by atoms with van der Waals surface area (Å²) in [7, 11) is 0. The predicted molar refractivity (Wildman–Crippen MR) is 51.1 cm³/mol. The number of phenolic OH excluding ortho intramolecular Hbond substituents is 1. The average Bonchev–Trinajstić information content (AvgIpc) is 2.05. The Balaban J connectivity index is 2.37. The van der Waals surface area contributed by atoms with E-state index >= 15 is 0 Å². The van der Waals surface area contributed by atoms with E-state index < -0.39 is 0 Å². The normalized spacial score (nSPS) is 18.9. The predicted octanol–water partition coefficient (Wildman–Crippen LogP) is 2.35. The molecule has 0 aromatic heterocycles. The van der Waals surface area contributed by atoms with E-state index in [1.807, 2.05) is 6.07 Å². The highest BCUT2D eigenvalue weighted by molar-refractivity contribution is 5.41. The van der Waals surface area contributed by atoms with Crippen LogP contribution in [0.1, 0.15) is 19.4 Å². The van der Waals surface area contributed by atoms with Gasteiger partial charge in [-0.3, -0.25) is 0 Å². The third kappa shape index (κ3) is 1.62. The van der Waals surface area contributed by atoms with Crippen molar-refractivity contribution in [2.24, 2.45) is 5.41 Å². The van der Waals surface area contributed by atoms with E-state index in [0.717, 1.165) is 18.8 Å². The zero-order chi connectivity index (χ0) is 9.47. The summed E-state index contributed by atoms with van der Waals surface area (Å²) in [4.78, 5) is 0. The molecule has 0 radical (unpaired) electrons. The summed E-state index contributed by atoms with van der Waals surface area (Å²) >= 11 is 0. The zero-order valence-electron chi connectivity index (χ0n) is 8.00. The van der Waals surface area contributed by atoms with E-state index in [4.69, 9.17) is 4.74 Å². The van der Waals surface area contributed by atoms with Gasteiger partial charge in [0.2, 0.25) is 0 Å². The fourth-order valence-corrected chi connectivity index (χ4v) is 1.66. The largest absolute Gasteiger partial charge is 0.508 e. The van der Waals surface area contributed by atoms with Gasteiger partial charge in [0.15, 0.2) is 0 Å². The van der Waals surface area contributed by atoms with Crippen LogP contribution in [0, 0.1) is 5.41 Å². The van der Waals surface area contributed by atoms with Crippen molar-refractivity contribution in [1.82, 2.24) is 0 Å². The van der Waals surface area contributed by atoms with Crippen molar-refractivity contribution >= 4 is 0 Å². The lowest BCUT2D eigenvalue weighted by atomic mass is 9.84. The summed E-state index contributed by atoms with van der Waals surface area (Å²) in [6.45, 7) is 5.09. The number of rotatable bonds is 0. The SMILES string of the molecule is CC1(C)COc2cc(O)ccc2C1. The van der Waals surface area contributed by atoms with Gasteiger partial charge in [0, 0.05) is 11.5 Å². The Bertz CT molecular complexity index is 329. The molecule has 0 spiro atoms. The van der Waals surface area contributed by atoms with Gasteiger partial charge >= 0.3 is 0 Å². The molecule has 2 heteroatoms. The first-order chi connectivity index (χ1) is 6.07. The van der Waals surface area contributed by atoms with Crippen molar-refractivity contribution in [3.8, 4) is 11.5 Å². The third-order valence-electron chi connectivity index (χ3n) is 2.34. The van der Waals surface area contributed by atoms with E-state index in [1.165, 1.54) is 5.56 Å². The highest BCUT2D eigenvalue weighted by Gasteiger charge is 2.26. The second kappa shape index (κ2) is 2.66. The lowest BCUT2D eigenvalue weighted by Crippen LogP contribution is -2.28. The monoisotopic (exact) mass is 178 g/mol. The fourth-order valence-electron chi connectivity index (χ4n) is 1.66. The Kier molecular flexibility index (Phi) is 1.72. The molecule has 0 atom stereocenters. The molecule has 13 heavy (non-hydrogen) atoms. The topological polar surface area (TPSA) is 29.5 Å². The molecule has 0 saturated heterocycles. The van der Waals surface area contributed by atoms with Crippen molar-refractivity contribution in [2.45, 2.75) is 20.3 Å². The number of hydrogen-bond donors (Lipinski definition) is 1. The summed E-state index contributed by atoms with van der Waals surface area (Å²) in [5.41, 5.74) is 1.40. The smallest absolute Gasteiger partial charge is 0.126 e. The first-order valence-electron chi connectivity index (χ1n) is 4.52. The summed E-state index contributed by atoms with van der Waals surface area (Å²) in [5, 5.41) is 9.24. The van der Waals surface area contributed by atoms with Crippen molar-refractivity contribution in [3.05, 3.63) is 23.8 Å². The molecule has 0 bridgehead atoms. The summed E-state index contributed by atoms with van der Waals surface area (Å²) in [6, 6.07) is 5.33. The van der Waals surface area contributed by atoms with Crippen molar-refractivity contribution < 1.29 is 9.84 Å². The molecule has 1 aromatic carbocycles. The van der Waals surface area contributed by atoms with Crippen LogP contribution in [-0.4, -0.2) is 11.7 Å². The van der Waals surface area contributed by atoms with Crippen molar-refractivity contribution in [2.75, 3.05) is 6.61 Å². The van der Waals surface area contributed by atoms with Gasteiger partial charge in [0.1, 0.15) is 11.5 Å².